The van der Waals surface area contributed by atoms with Gasteiger partial charge in [0.15, 0.2) is 11.6 Å². The largest absolute Gasteiger partial charge is 0.380 e. The summed E-state index contributed by atoms with van der Waals surface area (Å²) in [7, 11) is 0. The van der Waals surface area contributed by atoms with Crippen LogP contribution in [0.1, 0.15) is 5.56 Å². The third kappa shape index (κ3) is 1.38. The van der Waals surface area contributed by atoms with Crippen molar-refractivity contribution in [3.05, 3.63) is 21.5 Å². The fourth-order valence-corrected chi connectivity index (χ4v) is 2.42. The number of hydrogen-bond acceptors (Lipinski definition) is 4. The van der Waals surface area contributed by atoms with Crippen molar-refractivity contribution in [2.75, 3.05) is 5.73 Å². The van der Waals surface area contributed by atoms with Crippen LogP contribution in [-0.2, 0) is 0 Å². The zero-order valence-electron chi connectivity index (χ0n) is 6.87. The number of halogens is 1. The molecule has 0 atom stereocenters. The zero-order chi connectivity index (χ0) is 9.42. The maximum atomic E-state index is 5.55. The second-order valence-corrected chi connectivity index (χ2v) is 4.35. The normalized spacial score (nSPS) is 10.6. The Morgan fingerprint density at radius 2 is 2.38 bits per heavy atom. The lowest BCUT2D eigenvalue weighted by molar-refractivity contribution is 0.436. The molecule has 0 amide bonds. The monoisotopic (exact) mass is 258 g/mol. The molecule has 0 aromatic carbocycles. The van der Waals surface area contributed by atoms with Crippen molar-refractivity contribution >= 4 is 33.1 Å². The molecule has 0 aliphatic carbocycles. The van der Waals surface area contributed by atoms with Gasteiger partial charge in [0.25, 0.3) is 0 Å². The van der Waals surface area contributed by atoms with Gasteiger partial charge < -0.3 is 10.3 Å². The van der Waals surface area contributed by atoms with Crippen LogP contribution in [-0.4, -0.2) is 5.16 Å². The highest BCUT2D eigenvalue weighted by Gasteiger charge is 2.15. The molecule has 2 N–H and O–H groups in total. The molecular formula is C8H7BrN2OS. The van der Waals surface area contributed by atoms with E-state index in [0.717, 1.165) is 9.35 Å². The Labute approximate surface area is 87.7 Å². The fourth-order valence-electron chi connectivity index (χ4n) is 1.04. The van der Waals surface area contributed by atoms with Crippen LogP contribution in [0.15, 0.2) is 20.4 Å². The van der Waals surface area contributed by atoms with Crippen LogP contribution in [0, 0.1) is 6.92 Å². The molecule has 13 heavy (non-hydrogen) atoms. The number of anilines is 1. The first-order chi connectivity index (χ1) is 6.20. The lowest BCUT2D eigenvalue weighted by Gasteiger charge is -1.92. The van der Waals surface area contributed by atoms with E-state index in [9.17, 15) is 0 Å². The van der Waals surface area contributed by atoms with Crippen LogP contribution in [0.4, 0.5) is 5.82 Å². The van der Waals surface area contributed by atoms with Crippen molar-refractivity contribution in [1.82, 2.24) is 5.16 Å². The number of hydrogen-bond donors (Lipinski definition) is 1. The van der Waals surface area contributed by atoms with E-state index in [1.807, 2.05) is 18.4 Å². The first kappa shape index (κ1) is 8.77. The van der Waals surface area contributed by atoms with Gasteiger partial charge in [-0.3, -0.25) is 0 Å². The van der Waals surface area contributed by atoms with Crippen molar-refractivity contribution in [3.63, 3.8) is 0 Å². The topological polar surface area (TPSA) is 52.0 Å². The fraction of sp³-hybridized carbons (Fsp3) is 0.125. The molecule has 0 fully saturated rings. The van der Waals surface area contributed by atoms with Crippen LogP contribution < -0.4 is 5.73 Å². The summed E-state index contributed by atoms with van der Waals surface area (Å²) in [6.45, 7) is 2.02. The van der Waals surface area contributed by atoms with E-state index in [4.69, 9.17) is 10.3 Å². The second-order valence-electron chi connectivity index (χ2n) is 2.64. The van der Waals surface area contributed by atoms with E-state index in [0.29, 0.717) is 11.6 Å². The second kappa shape index (κ2) is 3.16. The van der Waals surface area contributed by atoms with Crippen LogP contribution in [0.2, 0.25) is 0 Å². The van der Waals surface area contributed by atoms with E-state index in [-0.39, 0.29) is 0 Å². The van der Waals surface area contributed by atoms with Gasteiger partial charge in [0.1, 0.15) is 4.47 Å². The van der Waals surface area contributed by atoms with E-state index < -0.39 is 0 Å². The Balaban J connectivity index is 2.59. The zero-order valence-corrected chi connectivity index (χ0v) is 9.28. The number of rotatable bonds is 1. The van der Waals surface area contributed by atoms with Crippen molar-refractivity contribution in [2.24, 2.45) is 0 Å². The maximum Gasteiger partial charge on any atom is 0.193 e. The Kier molecular flexibility index (Phi) is 2.13. The molecule has 2 aromatic heterocycles. The third-order valence-corrected chi connectivity index (χ3v) is 3.51. The highest BCUT2D eigenvalue weighted by Crippen LogP contribution is 2.37. The van der Waals surface area contributed by atoms with Crippen molar-refractivity contribution in [2.45, 2.75) is 6.92 Å². The average Bonchev–Trinajstić information content (AvgIpc) is 2.62. The number of aryl methyl sites for hydroxylation is 1. The molecule has 3 nitrogen and oxygen atoms in total. The quantitative estimate of drug-likeness (QED) is 0.856. The molecule has 0 aliphatic heterocycles. The van der Waals surface area contributed by atoms with Crippen molar-refractivity contribution < 1.29 is 4.52 Å². The number of thiophene rings is 1. The summed E-state index contributed by atoms with van der Waals surface area (Å²) in [4.78, 5) is 1.07. The lowest BCUT2D eigenvalue weighted by atomic mass is 10.2. The number of nitrogens with two attached hydrogens (primary N) is 1. The summed E-state index contributed by atoms with van der Waals surface area (Å²) in [5, 5.41) is 5.69. The Bertz CT molecular complexity index is 435. The highest BCUT2D eigenvalue weighted by atomic mass is 79.9. The standard InChI is InChI=1S/C8H7BrN2OS/c1-4-2-3-13-7(4)6-5(9)8(10)11-12-6/h2-3H,1H3,(H2,10,11). The van der Waals surface area contributed by atoms with Gasteiger partial charge in [-0.25, -0.2) is 0 Å². The predicted octanol–water partition coefficient (Wildman–Crippen LogP) is 3.06. The van der Waals surface area contributed by atoms with Crippen molar-refractivity contribution in [3.8, 4) is 10.6 Å². The minimum atomic E-state index is 0.391. The van der Waals surface area contributed by atoms with E-state index in [1.165, 1.54) is 5.56 Å². The van der Waals surface area contributed by atoms with Gasteiger partial charge in [-0.15, -0.1) is 11.3 Å². The number of nitrogens with zero attached hydrogens (tertiary/aromatic N) is 1. The molecule has 2 rings (SSSR count). The van der Waals surface area contributed by atoms with Gasteiger partial charge in [-0.05, 0) is 39.9 Å². The van der Waals surface area contributed by atoms with Gasteiger partial charge >= 0.3 is 0 Å². The van der Waals surface area contributed by atoms with Gasteiger partial charge in [0.2, 0.25) is 0 Å². The first-order valence-corrected chi connectivity index (χ1v) is 5.32. The van der Waals surface area contributed by atoms with Crippen LogP contribution >= 0.6 is 27.3 Å². The Morgan fingerprint density at radius 3 is 2.85 bits per heavy atom. The molecule has 0 spiro atoms. The molecule has 5 heteroatoms. The van der Waals surface area contributed by atoms with E-state index in [2.05, 4.69) is 21.1 Å². The maximum absolute atomic E-state index is 5.55. The first-order valence-electron chi connectivity index (χ1n) is 3.65. The van der Waals surface area contributed by atoms with Crippen LogP contribution in [0.3, 0.4) is 0 Å². The molecule has 0 saturated heterocycles. The van der Waals surface area contributed by atoms with Crippen LogP contribution in [0.5, 0.6) is 0 Å². The third-order valence-electron chi connectivity index (χ3n) is 1.73. The average molecular weight is 259 g/mol. The van der Waals surface area contributed by atoms with E-state index >= 15 is 0 Å². The van der Waals surface area contributed by atoms with Gasteiger partial charge in [-0.1, -0.05) is 5.16 Å². The molecular weight excluding hydrogens is 252 g/mol. The van der Waals surface area contributed by atoms with Crippen molar-refractivity contribution in [1.29, 1.82) is 0 Å². The summed E-state index contributed by atoms with van der Waals surface area (Å²) < 4.78 is 5.84. The summed E-state index contributed by atoms with van der Waals surface area (Å²) in [6.07, 6.45) is 0. The van der Waals surface area contributed by atoms with Gasteiger partial charge in [-0.2, -0.15) is 0 Å². The molecule has 0 bridgehead atoms. The summed E-state index contributed by atoms with van der Waals surface area (Å²) in [5.74, 6) is 1.10. The molecule has 0 radical (unpaired) electrons. The minimum Gasteiger partial charge on any atom is -0.380 e. The van der Waals surface area contributed by atoms with Crippen LogP contribution in [0.25, 0.3) is 10.6 Å². The smallest absolute Gasteiger partial charge is 0.193 e. The molecule has 68 valence electrons. The van der Waals surface area contributed by atoms with Gasteiger partial charge in [0, 0.05) is 0 Å². The van der Waals surface area contributed by atoms with Gasteiger partial charge in [0.05, 0.1) is 4.88 Å². The SMILES string of the molecule is Cc1ccsc1-c1onc(N)c1Br. The molecule has 2 aromatic rings. The lowest BCUT2D eigenvalue weighted by Crippen LogP contribution is -1.83. The minimum absolute atomic E-state index is 0.391. The number of aromatic nitrogens is 1. The Morgan fingerprint density at radius 1 is 1.62 bits per heavy atom. The summed E-state index contributed by atoms with van der Waals surface area (Å²) >= 11 is 4.94. The number of nitrogen functional groups attached to an aromatic ring is 1. The molecule has 0 saturated carbocycles. The Hall–Kier alpha value is -0.810. The molecule has 2 heterocycles. The highest BCUT2D eigenvalue weighted by molar-refractivity contribution is 9.10. The molecule has 0 aliphatic rings. The summed E-state index contributed by atoms with van der Waals surface area (Å²) in [6, 6.07) is 2.03. The predicted molar refractivity (Wildman–Crippen MR) is 56.7 cm³/mol. The van der Waals surface area contributed by atoms with E-state index in [1.54, 1.807) is 11.3 Å². The summed E-state index contributed by atoms with van der Waals surface area (Å²) in [5.41, 5.74) is 6.72. The molecule has 0 unspecified atom stereocenters.